The Labute approximate surface area is 236 Å². The van der Waals surface area contributed by atoms with E-state index in [0.717, 1.165) is 57.4 Å². The van der Waals surface area contributed by atoms with E-state index in [-0.39, 0.29) is 0 Å². The predicted octanol–water partition coefficient (Wildman–Crippen LogP) is 8.50. The van der Waals surface area contributed by atoms with Crippen LogP contribution in [-0.2, 0) is 5.60 Å². The summed E-state index contributed by atoms with van der Waals surface area (Å²) < 4.78 is 7.11. The largest absolute Gasteiger partial charge is 0.473 e. The van der Waals surface area contributed by atoms with Crippen molar-refractivity contribution in [2.45, 2.75) is 25.4 Å². The summed E-state index contributed by atoms with van der Waals surface area (Å²) in [6, 6.07) is 38.5. The van der Waals surface area contributed by atoms with Crippen LogP contribution in [0, 0.1) is 18.8 Å². The fourth-order valence-corrected chi connectivity index (χ4v) is 5.97. The van der Waals surface area contributed by atoms with Gasteiger partial charge in [0.2, 0.25) is 0 Å². The van der Waals surface area contributed by atoms with E-state index in [1.54, 1.807) is 0 Å². The highest BCUT2D eigenvalue weighted by Gasteiger charge is 2.37. The quantitative estimate of drug-likeness (QED) is 0.223. The van der Waals surface area contributed by atoms with Gasteiger partial charge in [-0.1, -0.05) is 96.3 Å². The Bertz CT molecular complexity index is 1770. The topological polar surface area (TPSA) is 12.5 Å². The van der Waals surface area contributed by atoms with Gasteiger partial charge in [0, 0.05) is 46.6 Å². The van der Waals surface area contributed by atoms with E-state index in [2.05, 4.69) is 145 Å². The first-order valence-corrected chi connectivity index (χ1v) is 14.1. The van der Waals surface area contributed by atoms with Crippen LogP contribution in [0.5, 0.6) is 5.75 Å². The number of ether oxygens (including phenoxy) is 1. The van der Waals surface area contributed by atoms with Crippen molar-refractivity contribution in [3.05, 3.63) is 149 Å². The van der Waals surface area contributed by atoms with Crippen LogP contribution in [0.2, 0.25) is 0 Å². The summed E-state index contributed by atoms with van der Waals surface area (Å²) in [6.07, 6.45) is 6.99. The number of fused-ring (bicyclic) bond motifs is 3. The fourth-order valence-electron chi connectivity index (χ4n) is 5.97. The van der Waals surface area contributed by atoms with E-state index in [1.165, 1.54) is 24.1 Å². The molecule has 5 aromatic carbocycles. The predicted molar refractivity (Wildman–Crippen MR) is 166 cm³/mol. The normalized spacial score (nSPS) is 17.7. The van der Waals surface area contributed by atoms with E-state index >= 15 is 0 Å². The monoisotopic (exact) mass is 517 g/mol. The van der Waals surface area contributed by atoms with Crippen LogP contribution in [-0.4, -0.2) is 13.1 Å². The molecule has 0 amide bonds. The lowest BCUT2D eigenvalue weighted by atomic mass is 9.82. The summed E-state index contributed by atoms with van der Waals surface area (Å²) in [5.41, 5.74) is 7.07. The van der Waals surface area contributed by atoms with Crippen LogP contribution in [0.25, 0.3) is 16.8 Å². The molecule has 0 saturated carbocycles. The molecule has 1 atom stereocenters. The van der Waals surface area contributed by atoms with Gasteiger partial charge >= 0.3 is 0 Å². The maximum atomic E-state index is 7.11. The van der Waals surface area contributed by atoms with Crippen LogP contribution in [0.3, 0.4) is 0 Å². The van der Waals surface area contributed by atoms with Crippen molar-refractivity contribution >= 4 is 22.5 Å². The first-order valence-electron chi connectivity index (χ1n) is 14.1. The average molecular weight is 518 g/mol. The Balaban J connectivity index is 1.36. The van der Waals surface area contributed by atoms with Crippen LogP contribution in [0.4, 0.5) is 5.69 Å². The molecule has 1 fully saturated rings. The van der Waals surface area contributed by atoms with E-state index in [0.29, 0.717) is 0 Å². The van der Waals surface area contributed by atoms with Crippen molar-refractivity contribution in [2.24, 2.45) is 0 Å². The molecule has 2 aliphatic heterocycles. The second-order valence-electron chi connectivity index (χ2n) is 10.8. The molecule has 0 N–H and O–H groups in total. The highest BCUT2D eigenvalue weighted by molar-refractivity contribution is 5.98. The summed E-state index contributed by atoms with van der Waals surface area (Å²) in [5.74, 6) is 7.68. The SMILES string of the molecule is Cc1ccc(C#Cc2cc3c(c4ccccc24)C=CC(c2ccccc2)(c2ccc(N4CCCC4)cc2)O3)cc1. The molecule has 0 bridgehead atoms. The molecule has 1 saturated heterocycles. The Hall–Kier alpha value is -4.74. The number of aryl methyl sites for hydroxylation is 1. The molecule has 0 aromatic heterocycles. The van der Waals surface area contributed by atoms with Crippen molar-refractivity contribution in [2.75, 3.05) is 18.0 Å². The summed E-state index contributed by atoms with van der Waals surface area (Å²) in [6.45, 7) is 4.36. The van der Waals surface area contributed by atoms with Crippen molar-refractivity contribution < 1.29 is 4.74 Å². The molecule has 0 radical (unpaired) electrons. The van der Waals surface area contributed by atoms with Crippen LogP contribution < -0.4 is 9.64 Å². The van der Waals surface area contributed by atoms with E-state index in [1.807, 2.05) is 0 Å². The number of anilines is 1. The smallest absolute Gasteiger partial charge is 0.178 e. The molecular formula is C38H31NO. The zero-order valence-electron chi connectivity index (χ0n) is 22.7. The van der Waals surface area contributed by atoms with Gasteiger partial charge in [-0.3, -0.25) is 0 Å². The van der Waals surface area contributed by atoms with Gasteiger partial charge in [0.25, 0.3) is 0 Å². The number of benzene rings is 5. The maximum absolute atomic E-state index is 7.11. The minimum absolute atomic E-state index is 0.734. The van der Waals surface area contributed by atoms with Gasteiger partial charge in [0.15, 0.2) is 5.60 Å². The van der Waals surface area contributed by atoms with Crippen molar-refractivity contribution in [1.82, 2.24) is 0 Å². The van der Waals surface area contributed by atoms with Gasteiger partial charge in [0.1, 0.15) is 5.75 Å². The number of rotatable bonds is 3. The third-order valence-electron chi connectivity index (χ3n) is 8.17. The molecular weight excluding hydrogens is 486 g/mol. The summed E-state index contributed by atoms with van der Waals surface area (Å²) >= 11 is 0. The Morgan fingerprint density at radius 2 is 1.38 bits per heavy atom. The number of hydrogen-bond donors (Lipinski definition) is 0. The van der Waals surface area contributed by atoms with Crippen molar-refractivity contribution in [1.29, 1.82) is 0 Å². The molecule has 5 aromatic rings. The van der Waals surface area contributed by atoms with Gasteiger partial charge in [0.05, 0.1) is 0 Å². The average Bonchev–Trinajstić information content (AvgIpc) is 3.56. The molecule has 194 valence electrons. The van der Waals surface area contributed by atoms with Crippen LogP contribution >= 0.6 is 0 Å². The minimum atomic E-state index is -0.734. The third kappa shape index (κ3) is 4.34. The first-order chi connectivity index (χ1) is 19.7. The molecule has 2 heteroatoms. The zero-order chi connectivity index (χ0) is 26.9. The maximum Gasteiger partial charge on any atom is 0.178 e. The summed E-state index contributed by atoms with van der Waals surface area (Å²) in [5, 5.41) is 2.28. The second-order valence-corrected chi connectivity index (χ2v) is 10.8. The highest BCUT2D eigenvalue weighted by atomic mass is 16.5. The van der Waals surface area contributed by atoms with E-state index < -0.39 is 5.60 Å². The molecule has 2 aliphatic rings. The molecule has 1 unspecified atom stereocenters. The lowest BCUT2D eigenvalue weighted by Gasteiger charge is -2.37. The molecule has 2 nitrogen and oxygen atoms in total. The Morgan fingerprint density at radius 1 is 0.700 bits per heavy atom. The van der Waals surface area contributed by atoms with Gasteiger partial charge in [-0.15, -0.1) is 0 Å². The summed E-state index contributed by atoms with van der Waals surface area (Å²) in [7, 11) is 0. The Morgan fingerprint density at radius 3 is 2.12 bits per heavy atom. The molecule has 7 rings (SSSR count). The lowest BCUT2D eigenvalue weighted by molar-refractivity contribution is 0.161. The van der Waals surface area contributed by atoms with E-state index in [4.69, 9.17) is 4.74 Å². The highest BCUT2D eigenvalue weighted by Crippen LogP contribution is 2.45. The molecule has 40 heavy (non-hydrogen) atoms. The first kappa shape index (κ1) is 24.3. The molecule has 0 aliphatic carbocycles. The van der Waals surface area contributed by atoms with Crippen LogP contribution in [0.1, 0.15) is 46.2 Å². The fraction of sp³-hybridized carbons (Fsp3) is 0.158. The van der Waals surface area contributed by atoms with Crippen molar-refractivity contribution in [3.63, 3.8) is 0 Å². The summed E-state index contributed by atoms with van der Waals surface area (Å²) in [4.78, 5) is 2.47. The van der Waals surface area contributed by atoms with Gasteiger partial charge in [-0.05, 0) is 73.0 Å². The molecule has 2 heterocycles. The van der Waals surface area contributed by atoms with Gasteiger partial charge in [-0.2, -0.15) is 0 Å². The van der Waals surface area contributed by atoms with Crippen molar-refractivity contribution in [3.8, 4) is 17.6 Å². The standard InChI is InChI=1S/C38H31NO/c1-28-13-15-29(16-14-28)17-18-30-27-37-36(35-12-6-5-11-34(30)35)23-24-38(40-37,31-9-3-2-4-10-31)32-19-21-33(22-20-32)39-25-7-8-26-39/h2-6,9-16,19-24,27H,7-8,25-26H2,1H3. The third-order valence-corrected chi connectivity index (χ3v) is 8.17. The van der Waals surface area contributed by atoms with Gasteiger partial charge < -0.3 is 9.64 Å². The number of hydrogen-bond acceptors (Lipinski definition) is 2. The minimum Gasteiger partial charge on any atom is -0.473 e. The lowest BCUT2D eigenvalue weighted by Crippen LogP contribution is -2.34. The van der Waals surface area contributed by atoms with Gasteiger partial charge in [-0.25, -0.2) is 0 Å². The zero-order valence-corrected chi connectivity index (χ0v) is 22.7. The second kappa shape index (κ2) is 10.1. The number of nitrogens with zero attached hydrogens (tertiary/aromatic N) is 1. The van der Waals surface area contributed by atoms with E-state index in [9.17, 15) is 0 Å². The molecule has 0 spiro atoms. The van der Waals surface area contributed by atoms with Crippen LogP contribution in [0.15, 0.2) is 115 Å². The Kier molecular flexibility index (Phi) is 6.14.